The van der Waals surface area contributed by atoms with Crippen LogP contribution in [0.25, 0.3) is 17.0 Å². The van der Waals surface area contributed by atoms with Gasteiger partial charge in [-0.25, -0.2) is 0 Å². The van der Waals surface area contributed by atoms with E-state index in [-0.39, 0.29) is 5.92 Å². The molecule has 5 nitrogen and oxygen atoms in total. The van der Waals surface area contributed by atoms with Crippen LogP contribution in [0.2, 0.25) is 0 Å². The molecule has 4 aromatic rings. The Morgan fingerprint density at radius 3 is 2.34 bits per heavy atom. The minimum atomic E-state index is -0.656. The van der Waals surface area contributed by atoms with Crippen LogP contribution in [-0.4, -0.2) is 21.0 Å². The highest BCUT2D eigenvalue weighted by Crippen LogP contribution is 2.31. The standard InChI is InChI=1S/C33H33N3O2/c1-23(28-9-5-8-26(19-28)18-24-6-3-2-4-7-24)36-31-16-17-32(35-22-31)29-14-15-30(34-21-29)20-25-10-12-27(13-11-25)33(37)38/h2-9,14-17,19,21-22,25,27,36H,1,10-13,18,20H2,(H,37,38). The molecule has 38 heavy (non-hydrogen) atoms. The summed E-state index contributed by atoms with van der Waals surface area (Å²) < 4.78 is 0. The maximum absolute atomic E-state index is 11.2. The van der Waals surface area contributed by atoms with Gasteiger partial charge < -0.3 is 10.4 Å². The van der Waals surface area contributed by atoms with Crippen LogP contribution in [0.1, 0.15) is 48.1 Å². The number of carbonyl (C=O) groups is 1. The van der Waals surface area contributed by atoms with E-state index in [1.165, 1.54) is 11.1 Å². The Balaban J connectivity index is 1.16. The Kier molecular flexibility index (Phi) is 7.93. The van der Waals surface area contributed by atoms with Crippen LogP contribution < -0.4 is 5.32 Å². The van der Waals surface area contributed by atoms with Crippen molar-refractivity contribution >= 4 is 17.4 Å². The van der Waals surface area contributed by atoms with Crippen molar-refractivity contribution in [1.29, 1.82) is 0 Å². The molecule has 2 heterocycles. The van der Waals surface area contributed by atoms with Crippen LogP contribution in [0.4, 0.5) is 5.69 Å². The topological polar surface area (TPSA) is 75.1 Å². The Bertz CT molecular complexity index is 1370. The SMILES string of the molecule is C=C(Nc1ccc(-c2ccc(CC3CCC(C(=O)O)CC3)nc2)nc1)c1cccc(Cc2ccccc2)c1. The number of hydrogen-bond donors (Lipinski definition) is 2. The zero-order chi connectivity index (χ0) is 26.3. The summed E-state index contributed by atoms with van der Waals surface area (Å²) in [7, 11) is 0. The number of hydrogen-bond acceptors (Lipinski definition) is 4. The molecule has 1 aliphatic rings. The van der Waals surface area contributed by atoms with Gasteiger partial charge in [-0.15, -0.1) is 0 Å². The Morgan fingerprint density at radius 1 is 0.868 bits per heavy atom. The van der Waals surface area contributed by atoms with Crippen molar-refractivity contribution in [2.24, 2.45) is 11.8 Å². The van der Waals surface area contributed by atoms with Crippen LogP contribution in [0.15, 0.2) is 97.8 Å². The second-order valence-electron chi connectivity index (χ2n) is 10.2. The first-order valence-corrected chi connectivity index (χ1v) is 13.3. The van der Waals surface area contributed by atoms with E-state index in [1.807, 2.05) is 30.6 Å². The van der Waals surface area contributed by atoms with Gasteiger partial charge in [0.05, 0.1) is 23.5 Å². The molecule has 2 aromatic carbocycles. The first kappa shape index (κ1) is 25.4. The fourth-order valence-corrected chi connectivity index (χ4v) is 5.19. The number of nitrogens with zero attached hydrogens (tertiary/aromatic N) is 2. The second-order valence-corrected chi connectivity index (χ2v) is 10.2. The molecule has 1 saturated carbocycles. The summed E-state index contributed by atoms with van der Waals surface area (Å²) in [6, 6.07) is 27.0. The Morgan fingerprint density at radius 2 is 1.66 bits per heavy atom. The van der Waals surface area contributed by atoms with Crippen molar-refractivity contribution in [3.05, 3.63) is 120 Å². The van der Waals surface area contributed by atoms with Gasteiger partial charge in [-0.1, -0.05) is 55.1 Å². The highest BCUT2D eigenvalue weighted by atomic mass is 16.4. The molecule has 0 atom stereocenters. The van der Waals surface area contributed by atoms with Crippen LogP contribution in [-0.2, 0) is 17.6 Å². The number of aliphatic carboxylic acids is 1. The van der Waals surface area contributed by atoms with Crippen molar-refractivity contribution in [1.82, 2.24) is 9.97 Å². The highest BCUT2D eigenvalue weighted by molar-refractivity contribution is 5.76. The minimum Gasteiger partial charge on any atom is -0.481 e. The van der Waals surface area contributed by atoms with E-state index in [9.17, 15) is 9.90 Å². The summed E-state index contributed by atoms with van der Waals surface area (Å²) in [6.45, 7) is 4.24. The zero-order valence-corrected chi connectivity index (χ0v) is 21.5. The molecule has 0 aliphatic heterocycles. The van der Waals surface area contributed by atoms with Crippen LogP contribution in [0, 0.1) is 11.8 Å². The average molecular weight is 504 g/mol. The smallest absolute Gasteiger partial charge is 0.306 e. The molecule has 0 saturated heterocycles. The third-order valence-corrected chi connectivity index (χ3v) is 7.40. The maximum Gasteiger partial charge on any atom is 0.306 e. The van der Waals surface area contributed by atoms with Gasteiger partial charge in [-0.05, 0) is 91.5 Å². The summed E-state index contributed by atoms with van der Waals surface area (Å²) >= 11 is 0. The van der Waals surface area contributed by atoms with Crippen molar-refractivity contribution in [3.63, 3.8) is 0 Å². The molecule has 0 bridgehead atoms. The number of rotatable bonds is 9. The lowest BCUT2D eigenvalue weighted by molar-refractivity contribution is -0.143. The normalized spacial score (nSPS) is 17.1. The van der Waals surface area contributed by atoms with Gasteiger partial charge in [0, 0.05) is 23.2 Å². The second kappa shape index (κ2) is 11.9. The van der Waals surface area contributed by atoms with Gasteiger partial charge in [0.1, 0.15) is 0 Å². The quantitative estimate of drug-likeness (QED) is 0.252. The number of benzene rings is 2. The molecule has 0 unspecified atom stereocenters. The highest BCUT2D eigenvalue weighted by Gasteiger charge is 2.26. The number of carboxylic acid groups (broad SMARTS) is 1. The molecule has 1 fully saturated rings. The van der Waals surface area contributed by atoms with E-state index < -0.39 is 5.97 Å². The fourth-order valence-electron chi connectivity index (χ4n) is 5.19. The number of pyridine rings is 2. The van der Waals surface area contributed by atoms with Gasteiger partial charge in [-0.2, -0.15) is 0 Å². The molecule has 0 spiro atoms. The lowest BCUT2D eigenvalue weighted by atomic mass is 9.80. The minimum absolute atomic E-state index is 0.174. The molecule has 5 rings (SSSR count). The average Bonchev–Trinajstić information content (AvgIpc) is 2.95. The number of carboxylic acids is 1. The number of aromatic nitrogens is 2. The van der Waals surface area contributed by atoms with Gasteiger partial charge >= 0.3 is 5.97 Å². The van der Waals surface area contributed by atoms with Crippen molar-refractivity contribution < 1.29 is 9.90 Å². The zero-order valence-electron chi connectivity index (χ0n) is 21.5. The van der Waals surface area contributed by atoms with Gasteiger partial charge in [0.25, 0.3) is 0 Å². The predicted molar refractivity (Wildman–Crippen MR) is 153 cm³/mol. The van der Waals surface area contributed by atoms with Crippen molar-refractivity contribution in [3.8, 4) is 11.3 Å². The molecule has 0 radical (unpaired) electrons. The Hall–Kier alpha value is -4.25. The summed E-state index contributed by atoms with van der Waals surface area (Å²) in [5.41, 5.74) is 8.19. The molecule has 1 aliphatic carbocycles. The van der Waals surface area contributed by atoms with E-state index in [4.69, 9.17) is 0 Å². The van der Waals surface area contributed by atoms with E-state index in [0.717, 1.165) is 72.4 Å². The molecular weight excluding hydrogens is 470 g/mol. The molecule has 2 N–H and O–H groups in total. The van der Waals surface area contributed by atoms with Crippen molar-refractivity contribution in [2.45, 2.75) is 38.5 Å². The van der Waals surface area contributed by atoms with E-state index in [1.54, 1.807) is 0 Å². The third-order valence-electron chi connectivity index (χ3n) is 7.40. The van der Waals surface area contributed by atoms with Crippen molar-refractivity contribution in [2.75, 3.05) is 5.32 Å². The summed E-state index contributed by atoms with van der Waals surface area (Å²) in [5.74, 6) is -0.316. The molecular formula is C33H33N3O2. The van der Waals surface area contributed by atoms with Gasteiger partial charge in [0.2, 0.25) is 0 Å². The van der Waals surface area contributed by atoms with E-state index in [2.05, 4.69) is 82.5 Å². The van der Waals surface area contributed by atoms with Crippen LogP contribution >= 0.6 is 0 Å². The lowest BCUT2D eigenvalue weighted by Crippen LogP contribution is -2.22. The third kappa shape index (κ3) is 6.54. The molecule has 2 aromatic heterocycles. The Labute approximate surface area is 224 Å². The van der Waals surface area contributed by atoms with E-state index in [0.29, 0.717) is 5.92 Å². The molecule has 5 heteroatoms. The maximum atomic E-state index is 11.2. The molecule has 192 valence electrons. The fraction of sp³-hybridized carbons (Fsp3) is 0.242. The number of anilines is 1. The van der Waals surface area contributed by atoms with Crippen LogP contribution in [0.3, 0.4) is 0 Å². The van der Waals surface area contributed by atoms with E-state index >= 15 is 0 Å². The van der Waals surface area contributed by atoms with Gasteiger partial charge in [0.15, 0.2) is 0 Å². The molecule has 0 amide bonds. The largest absolute Gasteiger partial charge is 0.481 e. The summed E-state index contributed by atoms with van der Waals surface area (Å²) in [6.07, 6.45) is 8.95. The first-order valence-electron chi connectivity index (χ1n) is 13.3. The monoisotopic (exact) mass is 503 g/mol. The lowest BCUT2D eigenvalue weighted by Gasteiger charge is -2.25. The number of nitrogens with one attached hydrogen (secondary N) is 1. The van der Waals surface area contributed by atoms with Gasteiger partial charge in [-0.3, -0.25) is 14.8 Å². The summed E-state index contributed by atoms with van der Waals surface area (Å²) in [5, 5.41) is 12.6. The first-order chi connectivity index (χ1) is 18.5. The summed E-state index contributed by atoms with van der Waals surface area (Å²) in [4.78, 5) is 20.5. The predicted octanol–water partition coefficient (Wildman–Crippen LogP) is 7.25. The van der Waals surface area contributed by atoms with Crippen LogP contribution in [0.5, 0.6) is 0 Å².